The molecule has 0 radical (unpaired) electrons. The van der Waals surface area contributed by atoms with Gasteiger partial charge in [0.2, 0.25) is 0 Å². The van der Waals surface area contributed by atoms with Crippen LogP contribution in [-0.2, 0) is 30.3 Å². The molecule has 0 fully saturated rings. The maximum atomic E-state index is 12.1. The predicted molar refractivity (Wildman–Crippen MR) is 95.1 cm³/mol. The number of esters is 2. The molecule has 0 saturated carbocycles. The zero-order valence-corrected chi connectivity index (χ0v) is 15.0. The third-order valence-corrected chi connectivity index (χ3v) is 3.87. The van der Waals surface area contributed by atoms with Gasteiger partial charge in [0.15, 0.2) is 11.5 Å². The number of aliphatic hydroxyl groups excluding tert-OH is 1. The van der Waals surface area contributed by atoms with Crippen molar-refractivity contribution in [3.8, 4) is 11.5 Å². The van der Waals surface area contributed by atoms with E-state index in [0.717, 1.165) is 7.11 Å². The van der Waals surface area contributed by atoms with Gasteiger partial charge in [-0.2, -0.15) is 0 Å². The summed E-state index contributed by atoms with van der Waals surface area (Å²) in [4.78, 5) is 35.1. The summed E-state index contributed by atoms with van der Waals surface area (Å²) in [7, 11) is 1.12. The second-order valence-corrected chi connectivity index (χ2v) is 5.53. The number of aldehydes is 1. The second-order valence-electron chi connectivity index (χ2n) is 5.53. The van der Waals surface area contributed by atoms with Crippen LogP contribution in [0.5, 0.6) is 11.5 Å². The monoisotopic (exact) mass is 378 g/mol. The minimum absolute atomic E-state index is 0.0154. The Labute approximate surface area is 156 Å². The van der Waals surface area contributed by atoms with Gasteiger partial charge in [0, 0.05) is 12.3 Å². The maximum Gasteiger partial charge on any atom is 0.337 e. The molecule has 1 aromatic carbocycles. The number of carbonyl (C=O) groups excluding carboxylic acids is 3. The van der Waals surface area contributed by atoms with Gasteiger partial charge in [0.1, 0.15) is 6.29 Å². The van der Waals surface area contributed by atoms with Crippen molar-refractivity contribution >= 4 is 18.2 Å². The summed E-state index contributed by atoms with van der Waals surface area (Å²) in [5.41, 5.74) is 0.529. The van der Waals surface area contributed by atoms with Crippen molar-refractivity contribution < 1.29 is 39.2 Å². The molecule has 0 aromatic heterocycles. The Kier molecular flexibility index (Phi) is 8.58. The van der Waals surface area contributed by atoms with Crippen LogP contribution in [0.4, 0.5) is 0 Å². The Balaban J connectivity index is 2.77. The number of allylic oxidation sites excluding steroid dienone is 2. The quantitative estimate of drug-likeness (QED) is 0.195. The summed E-state index contributed by atoms with van der Waals surface area (Å²) in [5, 5.41) is 28.0. The number of rotatable bonds is 9. The lowest BCUT2D eigenvalue weighted by Gasteiger charge is -2.17. The summed E-state index contributed by atoms with van der Waals surface area (Å²) in [6, 6.07) is 4.24. The largest absolute Gasteiger partial charge is 0.515 e. The van der Waals surface area contributed by atoms with Crippen molar-refractivity contribution in [1.82, 2.24) is 0 Å². The lowest BCUT2D eigenvalue weighted by Crippen LogP contribution is -2.22. The number of hydrogen-bond donors (Lipinski definition) is 3. The first-order valence-electron chi connectivity index (χ1n) is 8.08. The molecule has 1 rings (SSSR count). The van der Waals surface area contributed by atoms with E-state index in [0.29, 0.717) is 18.1 Å². The topological polar surface area (TPSA) is 130 Å². The number of carbonyl (C=O) groups is 3. The van der Waals surface area contributed by atoms with Crippen LogP contribution >= 0.6 is 0 Å². The van der Waals surface area contributed by atoms with Crippen LogP contribution < -0.4 is 0 Å². The average molecular weight is 378 g/mol. The fraction of sp³-hybridized carbons (Fsp3) is 0.316. The van der Waals surface area contributed by atoms with Crippen molar-refractivity contribution in [3.05, 3.63) is 47.2 Å². The molecule has 0 aliphatic heterocycles. The molecule has 8 nitrogen and oxygen atoms in total. The summed E-state index contributed by atoms with van der Waals surface area (Å²) in [6.45, 7) is 1.55. The van der Waals surface area contributed by atoms with E-state index in [9.17, 15) is 29.7 Å². The maximum absolute atomic E-state index is 12.1. The van der Waals surface area contributed by atoms with E-state index in [2.05, 4.69) is 4.74 Å². The molecule has 0 bridgehead atoms. The molecular weight excluding hydrogens is 356 g/mol. The zero-order chi connectivity index (χ0) is 20.4. The number of benzene rings is 1. The lowest BCUT2D eigenvalue weighted by atomic mass is 9.89. The first-order chi connectivity index (χ1) is 12.9. The van der Waals surface area contributed by atoms with Crippen LogP contribution in [0.3, 0.4) is 0 Å². The van der Waals surface area contributed by atoms with Crippen LogP contribution in [-0.4, -0.2) is 47.3 Å². The molecule has 0 saturated heterocycles. The fourth-order valence-corrected chi connectivity index (χ4v) is 2.39. The van der Waals surface area contributed by atoms with Crippen LogP contribution in [0.15, 0.2) is 41.7 Å². The highest BCUT2D eigenvalue weighted by molar-refractivity contribution is 5.93. The molecule has 1 atom stereocenters. The van der Waals surface area contributed by atoms with E-state index in [1.54, 1.807) is 13.0 Å². The van der Waals surface area contributed by atoms with Gasteiger partial charge in [-0.15, -0.1) is 0 Å². The fourth-order valence-electron chi connectivity index (χ4n) is 2.39. The van der Waals surface area contributed by atoms with Gasteiger partial charge in [0.25, 0.3) is 0 Å². The second kappa shape index (κ2) is 10.6. The van der Waals surface area contributed by atoms with Crippen LogP contribution in [0.25, 0.3) is 0 Å². The summed E-state index contributed by atoms with van der Waals surface area (Å²) < 4.78 is 9.66. The standard InChI is InChI=1S/C19H22O8/c1-3-13(10-20)14(15(11-21)19(25)26-2)9-18(24)27-7-6-12-4-5-16(22)17(23)8-12/h3-5,8,10-11,14,21-23H,6-7,9H2,1-2H3/b13-3-,15-11-/t14-/m1/s1. The van der Waals surface area contributed by atoms with Crippen LogP contribution in [0.1, 0.15) is 18.9 Å². The zero-order valence-electron chi connectivity index (χ0n) is 15.0. The Bertz CT molecular complexity index is 748. The van der Waals surface area contributed by atoms with E-state index < -0.39 is 17.9 Å². The molecule has 1 aromatic rings. The molecule has 0 unspecified atom stereocenters. The molecule has 146 valence electrons. The first-order valence-corrected chi connectivity index (χ1v) is 8.08. The van der Waals surface area contributed by atoms with Gasteiger partial charge < -0.3 is 24.8 Å². The Morgan fingerprint density at radius 1 is 1.22 bits per heavy atom. The normalized spacial score (nSPS) is 13.0. The summed E-state index contributed by atoms with van der Waals surface area (Å²) in [6.07, 6.45) is 2.37. The third-order valence-electron chi connectivity index (χ3n) is 3.87. The minimum Gasteiger partial charge on any atom is -0.515 e. The van der Waals surface area contributed by atoms with E-state index in [4.69, 9.17) is 4.74 Å². The van der Waals surface area contributed by atoms with Crippen LogP contribution in [0, 0.1) is 5.92 Å². The summed E-state index contributed by atoms with van der Waals surface area (Å²) in [5.74, 6) is -3.09. The molecular formula is C19H22O8. The Morgan fingerprint density at radius 3 is 2.44 bits per heavy atom. The number of aliphatic hydroxyl groups is 1. The van der Waals surface area contributed by atoms with E-state index in [1.165, 1.54) is 18.2 Å². The lowest BCUT2D eigenvalue weighted by molar-refractivity contribution is -0.144. The van der Waals surface area contributed by atoms with E-state index in [-0.39, 0.29) is 42.1 Å². The molecule has 0 amide bonds. The van der Waals surface area contributed by atoms with Gasteiger partial charge in [-0.1, -0.05) is 12.1 Å². The first kappa shape index (κ1) is 21.8. The highest BCUT2D eigenvalue weighted by Gasteiger charge is 2.28. The Hall–Kier alpha value is -3.29. The number of phenols is 2. The summed E-state index contributed by atoms with van der Waals surface area (Å²) >= 11 is 0. The molecule has 27 heavy (non-hydrogen) atoms. The molecule has 0 aliphatic rings. The number of aromatic hydroxyl groups is 2. The number of hydrogen-bond acceptors (Lipinski definition) is 8. The van der Waals surface area contributed by atoms with Gasteiger partial charge in [-0.25, -0.2) is 4.79 Å². The van der Waals surface area contributed by atoms with Gasteiger partial charge >= 0.3 is 11.9 Å². The van der Waals surface area contributed by atoms with Gasteiger partial charge in [-0.05, 0) is 30.2 Å². The molecule has 8 heteroatoms. The number of ether oxygens (including phenoxy) is 2. The predicted octanol–water partition coefficient (Wildman–Crippen LogP) is 1.95. The number of methoxy groups -OCH3 is 1. The number of phenolic OH excluding ortho intramolecular Hbond substituents is 2. The third kappa shape index (κ3) is 6.18. The molecule has 0 spiro atoms. The SMILES string of the molecule is C/C=C(/C=O)[C@@H](CC(=O)OCCc1ccc(O)c(O)c1)/C(=C/O)C(=O)OC. The van der Waals surface area contributed by atoms with Crippen molar-refractivity contribution in [2.75, 3.05) is 13.7 Å². The van der Waals surface area contributed by atoms with Crippen molar-refractivity contribution in [2.45, 2.75) is 19.8 Å². The molecule has 0 aliphatic carbocycles. The van der Waals surface area contributed by atoms with Crippen molar-refractivity contribution in [2.24, 2.45) is 5.92 Å². The molecule has 3 N–H and O–H groups in total. The van der Waals surface area contributed by atoms with Crippen molar-refractivity contribution in [3.63, 3.8) is 0 Å². The molecule has 0 heterocycles. The highest BCUT2D eigenvalue weighted by Crippen LogP contribution is 2.26. The van der Waals surface area contributed by atoms with Crippen molar-refractivity contribution in [1.29, 1.82) is 0 Å². The highest BCUT2D eigenvalue weighted by atomic mass is 16.5. The minimum atomic E-state index is -1.00. The van der Waals surface area contributed by atoms with Gasteiger partial charge in [-0.3, -0.25) is 9.59 Å². The van der Waals surface area contributed by atoms with E-state index >= 15 is 0 Å². The Morgan fingerprint density at radius 2 is 1.93 bits per heavy atom. The average Bonchev–Trinajstić information content (AvgIpc) is 2.65. The van der Waals surface area contributed by atoms with Gasteiger partial charge in [0.05, 0.1) is 32.0 Å². The van der Waals surface area contributed by atoms with E-state index in [1.807, 2.05) is 0 Å². The smallest absolute Gasteiger partial charge is 0.337 e. The van der Waals surface area contributed by atoms with Crippen LogP contribution in [0.2, 0.25) is 0 Å².